The maximum Gasteiger partial charge on any atom is 0.335 e. The van der Waals surface area contributed by atoms with Crippen molar-refractivity contribution in [3.05, 3.63) is 89.5 Å². The highest BCUT2D eigenvalue weighted by molar-refractivity contribution is 5.88. The molecule has 368 valence electrons. The molecule has 3 rings (SSSR count). The monoisotopic (exact) mass is 921 g/mol. The van der Waals surface area contributed by atoms with Crippen molar-refractivity contribution in [3.8, 4) is 17.2 Å². The van der Waals surface area contributed by atoms with Crippen molar-refractivity contribution in [3.63, 3.8) is 0 Å². The van der Waals surface area contributed by atoms with Crippen molar-refractivity contribution < 1.29 is 58.1 Å². The highest BCUT2D eigenvalue weighted by Gasteiger charge is 2.11. The van der Waals surface area contributed by atoms with Crippen molar-refractivity contribution in [2.45, 2.75) is 167 Å². The number of carbonyl (C=O) groups is 3. The van der Waals surface area contributed by atoms with Crippen LogP contribution < -0.4 is 14.2 Å². The molecule has 3 aromatic rings. The fourth-order valence-electron chi connectivity index (χ4n) is 7.47. The fourth-order valence-corrected chi connectivity index (χ4v) is 7.47. The van der Waals surface area contributed by atoms with Crippen molar-refractivity contribution in [1.82, 2.24) is 0 Å². The third-order valence-electron chi connectivity index (χ3n) is 11.5. The maximum atomic E-state index is 11.0. The lowest BCUT2D eigenvalue weighted by Gasteiger charge is -2.19. The predicted molar refractivity (Wildman–Crippen MR) is 259 cm³/mol. The van der Waals surface area contributed by atoms with Gasteiger partial charge in [0.2, 0.25) is 0 Å². The Morgan fingerprint density at radius 3 is 0.833 bits per heavy atom. The van der Waals surface area contributed by atoms with Gasteiger partial charge in [-0.1, -0.05) is 116 Å². The second kappa shape index (κ2) is 37.4. The lowest BCUT2D eigenvalue weighted by molar-refractivity contribution is -0.154. The van der Waals surface area contributed by atoms with E-state index >= 15 is 0 Å². The van der Waals surface area contributed by atoms with Gasteiger partial charge in [0, 0.05) is 26.2 Å². The van der Waals surface area contributed by atoms with E-state index < -0.39 is 17.9 Å². The van der Waals surface area contributed by atoms with Gasteiger partial charge in [-0.2, -0.15) is 0 Å². The van der Waals surface area contributed by atoms with Crippen molar-refractivity contribution >= 4 is 17.9 Å². The number of carboxylic acids is 3. The maximum absolute atomic E-state index is 11.0. The van der Waals surface area contributed by atoms with Crippen LogP contribution in [0, 0.1) is 0 Å². The standard InChI is InChI=1S/C54H80O12/c55-52(56)45-25-31-48(32-26-45)62-39-20-14-8-2-1-7-13-19-38-61-44-37-51(65-42-23-17-11-5-3-9-15-21-40-63-49-33-27-46(28-34-49)53(57)58)66-43-24-18-12-6-4-10-16-22-41-64-50-35-29-47(30-36-50)54(59)60/h25-36,51H,1-24,37-44H2,(H,55,56)(H,57,58)(H,59,60). The van der Waals surface area contributed by atoms with Gasteiger partial charge in [0.25, 0.3) is 0 Å². The Hall–Kier alpha value is -4.65. The molecule has 0 atom stereocenters. The van der Waals surface area contributed by atoms with Gasteiger partial charge in [0.05, 0.1) is 43.1 Å². The molecule has 3 aromatic carbocycles. The number of benzene rings is 3. The molecule has 0 radical (unpaired) electrons. The molecule has 0 aliphatic carbocycles. The first-order valence-electron chi connectivity index (χ1n) is 25.0. The van der Waals surface area contributed by atoms with Crippen LogP contribution in [0.2, 0.25) is 0 Å². The molecular formula is C54H80O12. The van der Waals surface area contributed by atoms with E-state index in [9.17, 15) is 14.4 Å². The molecule has 12 nitrogen and oxygen atoms in total. The number of ether oxygens (including phenoxy) is 6. The van der Waals surface area contributed by atoms with E-state index in [-0.39, 0.29) is 23.0 Å². The second-order valence-corrected chi connectivity index (χ2v) is 17.1. The average molecular weight is 921 g/mol. The molecule has 0 heterocycles. The SMILES string of the molecule is O=C(O)c1ccc(OCCCCCCCCCCOCCC(OCCCCCCCCCCOc2ccc(C(=O)O)cc2)OCCCCCCCCCCOc2ccc(C(=O)O)cc2)cc1. The van der Waals surface area contributed by atoms with Crippen LogP contribution in [0.5, 0.6) is 17.2 Å². The summed E-state index contributed by atoms with van der Waals surface area (Å²) in [6, 6.07) is 19.7. The number of rotatable bonds is 44. The third-order valence-corrected chi connectivity index (χ3v) is 11.5. The zero-order valence-corrected chi connectivity index (χ0v) is 39.6. The third kappa shape index (κ3) is 28.4. The Kier molecular flexibility index (Phi) is 31.6. The number of aromatic carboxylic acids is 3. The van der Waals surface area contributed by atoms with Gasteiger partial charge >= 0.3 is 17.9 Å². The minimum absolute atomic E-state index is 0.234. The van der Waals surface area contributed by atoms with Crippen molar-refractivity contribution in [2.75, 3.05) is 46.2 Å². The summed E-state index contributed by atoms with van der Waals surface area (Å²) < 4.78 is 35.7. The quantitative estimate of drug-likeness (QED) is 0.0363. The van der Waals surface area contributed by atoms with E-state index in [0.717, 1.165) is 83.7 Å². The highest BCUT2D eigenvalue weighted by atomic mass is 16.7. The largest absolute Gasteiger partial charge is 0.494 e. The fraction of sp³-hybridized carbons (Fsp3) is 0.611. The van der Waals surface area contributed by atoms with Gasteiger partial charge in [0.1, 0.15) is 17.2 Å². The van der Waals surface area contributed by atoms with Crippen LogP contribution in [0.25, 0.3) is 0 Å². The van der Waals surface area contributed by atoms with E-state index in [2.05, 4.69) is 0 Å². The summed E-state index contributed by atoms with van der Waals surface area (Å²) in [6.45, 7) is 4.75. The summed E-state index contributed by atoms with van der Waals surface area (Å²) in [7, 11) is 0. The van der Waals surface area contributed by atoms with Crippen LogP contribution in [0.4, 0.5) is 0 Å². The van der Waals surface area contributed by atoms with Gasteiger partial charge in [0.15, 0.2) is 6.29 Å². The highest BCUT2D eigenvalue weighted by Crippen LogP contribution is 2.18. The first-order chi connectivity index (χ1) is 32.3. The van der Waals surface area contributed by atoms with Crippen LogP contribution in [0.3, 0.4) is 0 Å². The molecule has 0 bridgehead atoms. The minimum Gasteiger partial charge on any atom is -0.494 e. The molecule has 0 unspecified atom stereocenters. The molecule has 0 saturated heterocycles. The molecule has 0 spiro atoms. The molecule has 0 fully saturated rings. The predicted octanol–water partition coefficient (Wildman–Crippen LogP) is 13.4. The normalized spacial score (nSPS) is 11.2. The van der Waals surface area contributed by atoms with E-state index in [4.69, 9.17) is 43.7 Å². The van der Waals surface area contributed by atoms with Crippen LogP contribution >= 0.6 is 0 Å². The number of hydrogen-bond acceptors (Lipinski definition) is 9. The van der Waals surface area contributed by atoms with E-state index in [1.807, 2.05) is 0 Å². The Labute approximate surface area is 394 Å². The summed E-state index contributed by atoms with van der Waals surface area (Å²) in [5.41, 5.74) is 0.803. The second-order valence-electron chi connectivity index (χ2n) is 17.1. The molecule has 12 heteroatoms. The van der Waals surface area contributed by atoms with E-state index in [1.165, 1.54) is 83.5 Å². The average Bonchev–Trinajstić information content (AvgIpc) is 3.32. The molecule has 0 aliphatic heterocycles. The van der Waals surface area contributed by atoms with Gasteiger partial charge < -0.3 is 43.7 Å². The zero-order valence-electron chi connectivity index (χ0n) is 39.6. The molecular weight excluding hydrogens is 841 g/mol. The Bertz CT molecular complexity index is 1580. The first-order valence-corrected chi connectivity index (χ1v) is 25.0. The number of unbranched alkanes of at least 4 members (excludes halogenated alkanes) is 21. The van der Waals surface area contributed by atoms with Crippen LogP contribution in [0.15, 0.2) is 72.8 Å². The summed E-state index contributed by atoms with van der Waals surface area (Å²) >= 11 is 0. The Morgan fingerprint density at radius 2 is 0.561 bits per heavy atom. The lowest BCUT2D eigenvalue weighted by Crippen LogP contribution is -2.21. The molecule has 3 N–H and O–H groups in total. The smallest absolute Gasteiger partial charge is 0.335 e. The van der Waals surface area contributed by atoms with Crippen molar-refractivity contribution in [1.29, 1.82) is 0 Å². The van der Waals surface area contributed by atoms with Gasteiger partial charge in [-0.15, -0.1) is 0 Å². The number of hydrogen-bond donors (Lipinski definition) is 3. The van der Waals surface area contributed by atoms with Crippen LogP contribution in [-0.4, -0.2) is 85.8 Å². The Morgan fingerprint density at radius 1 is 0.318 bits per heavy atom. The molecule has 66 heavy (non-hydrogen) atoms. The van der Waals surface area contributed by atoms with Gasteiger partial charge in [-0.25, -0.2) is 14.4 Å². The minimum atomic E-state index is -0.930. The van der Waals surface area contributed by atoms with Crippen LogP contribution in [0.1, 0.15) is 192 Å². The molecule has 0 aromatic heterocycles. The van der Waals surface area contributed by atoms with Crippen LogP contribution in [-0.2, 0) is 14.2 Å². The van der Waals surface area contributed by atoms with Gasteiger partial charge in [-0.3, -0.25) is 0 Å². The number of carboxylic acid groups (broad SMARTS) is 3. The molecule has 0 aliphatic rings. The lowest BCUT2D eigenvalue weighted by atomic mass is 10.1. The van der Waals surface area contributed by atoms with E-state index in [1.54, 1.807) is 72.8 Å². The Balaban J connectivity index is 1.17. The summed E-state index contributed by atoms with van der Waals surface area (Å²) in [5.74, 6) is -0.652. The first kappa shape index (κ1) is 55.7. The zero-order chi connectivity index (χ0) is 47.1. The van der Waals surface area contributed by atoms with Gasteiger partial charge in [-0.05, 0) is 111 Å². The molecule has 0 amide bonds. The van der Waals surface area contributed by atoms with Crippen molar-refractivity contribution in [2.24, 2.45) is 0 Å². The summed E-state index contributed by atoms with van der Waals surface area (Å²) in [6.07, 6.45) is 28.0. The summed E-state index contributed by atoms with van der Waals surface area (Å²) in [5, 5.41) is 27.1. The topological polar surface area (TPSA) is 167 Å². The van der Waals surface area contributed by atoms with E-state index in [0.29, 0.717) is 56.9 Å². The molecule has 0 saturated carbocycles. The summed E-state index contributed by atoms with van der Waals surface area (Å²) in [4.78, 5) is 33.0.